The van der Waals surface area contributed by atoms with Crippen LogP contribution in [-0.4, -0.2) is 41.8 Å². The average molecular weight is 324 g/mol. The SMILES string of the molecule is CC(C)NC(=O)CNC(=O)Cc1csc(N2CCCC2=O)n1. The van der Waals surface area contributed by atoms with Gasteiger partial charge in [-0.3, -0.25) is 19.3 Å². The first kappa shape index (κ1) is 16.4. The first-order valence-electron chi connectivity index (χ1n) is 7.26. The van der Waals surface area contributed by atoms with Crippen LogP contribution < -0.4 is 15.5 Å². The summed E-state index contributed by atoms with van der Waals surface area (Å²) >= 11 is 1.36. The summed E-state index contributed by atoms with van der Waals surface area (Å²) in [6, 6.07) is 0.0449. The van der Waals surface area contributed by atoms with Gasteiger partial charge in [-0.05, 0) is 20.3 Å². The Morgan fingerprint density at radius 3 is 2.82 bits per heavy atom. The standard InChI is InChI=1S/C14H20N4O3S/c1-9(2)16-12(20)7-15-11(19)6-10-8-22-14(17-10)18-5-3-4-13(18)21/h8-9H,3-7H2,1-2H3,(H,15,19)(H,16,20). The maximum absolute atomic E-state index is 11.8. The van der Waals surface area contributed by atoms with Gasteiger partial charge < -0.3 is 10.6 Å². The Balaban J connectivity index is 1.81. The third-order valence-electron chi connectivity index (χ3n) is 3.08. The van der Waals surface area contributed by atoms with Crippen molar-refractivity contribution < 1.29 is 14.4 Å². The summed E-state index contributed by atoms with van der Waals surface area (Å²) in [5.74, 6) is -0.399. The first-order chi connectivity index (χ1) is 10.5. The minimum absolute atomic E-state index is 0.0430. The lowest BCUT2D eigenvalue weighted by molar-refractivity contribution is -0.126. The van der Waals surface area contributed by atoms with Crippen molar-refractivity contribution in [1.82, 2.24) is 15.6 Å². The molecule has 3 amide bonds. The van der Waals surface area contributed by atoms with Crippen molar-refractivity contribution in [1.29, 1.82) is 0 Å². The van der Waals surface area contributed by atoms with E-state index in [1.54, 1.807) is 10.3 Å². The Kier molecular flexibility index (Phi) is 5.48. The quantitative estimate of drug-likeness (QED) is 0.795. The summed E-state index contributed by atoms with van der Waals surface area (Å²) in [6.45, 7) is 4.36. The Morgan fingerprint density at radius 2 is 2.18 bits per heavy atom. The Hall–Kier alpha value is -1.96. The summed E-state index contributed by atoms with van der Waals surface area (Å²) in [6.07, 6.45) is 1.51. The molecule has 0 radical (unpaired) electrons. The number of hydrogen-bond donors (Lipinski definition) is 2. The van der Waals surface area contributed by atoms with Gasteiger partial charge in [0.2, 0.25) is 17.7 Å². The molecular formula is C14H20N4O3S. The van der Waals surface area contributed by atoms with Gasteiger partial charge in [0, 0.05) is 24.4 Å². The molecular weight excluding hydrogens is 304 g/mol. The maximum atomic E-state index is 11.8. The summed E-state index contributed by atoms with van der Waals surface area (Å²) in [7, 11) is 0. The third-order valence-corrected chi connectivity index (χ3v) is 3.99. The molecule has 2 rings (SSSR count). The van der Waals surface area contributed by atoms with Gasteiger partial charge in [0.15, 0.2) is 5.13 Å². The van der Waals surface area contributed by atoms with Crippen molar-refractivity contribution >= 4 is 34.2 Å². The molecule has 0 aliphatic carbocycles. The molecule has 8 heteroatoms. The van der Waals surface area contributed by atoms with Gasteiger partial charge in [-0.25, -0.2) is 4.98 Å². The Labute approximate surface area is 133 Å². The number of carbonyl (C=O) groups excluding carboxylic acids is 3. The zero-order valence-electron chi connectivity index (χ0n) is 12.7. The fraction of sp³-hybridized carbons (Fsp3) is 0.571. The van der Waals surface area contributed by atoms with E-state index in [2.05, 4.69) is 15.6 Å². The molecule has 22 heavy (non-hydrogen) atoms. The van der Waals surface area contributed by atoms with Crippen molar-refractivity contribution in [3.63, 3.8) is 0 Å². The van der Waals surface area contributed by atoms with E-state index >= 15 is 0 Å². The molecule has 2 heterocycles. The Morgan fingerprint density at radius 1 is 1.41 bits per heavy atom. The van der Waals surface area contributed by atoms with Gasteiger partial charge in [0.25, 0.3) is 0 Å². The highest BCUT2D eigenvalue weighted by Crippen LogP contribution is 2.25. The highest BCUT2D eigenvalue weighted by Gasteiger charge is 2.24. The Bertz CT molecular complexity index is 570. The maximum Gasteiger partial charge on any atom is 0.239 e. The van der Waals surface area contributed by atoms with Gasteiger partial charge in [-0.1, -0.05) is 0 Å². The van der Waals surface area contributed by atoms with E-state index in [1.807, 2.05) is 13.8 Å². The first-order valence-corrected chi connectivity index (χ1v) is 8.14. The second kappa shape index (κ2) is 7.35. The lowest BCUT2D eigenvalue weighted by Gasteiger charge is -2.10. The summed E-state index contributed by atoms with van der Waals surface area (Å²) in [5, 5.41) is 7.67. The fourth-order valence-corrected chi connectivity index (χ4v) is 3.00. The van der Waals surface area contributed by atoms with Gasteiger partial charge >= 0.3 is 0 Å². The van der Waals surface area contributed by atoms with Gasteiger partial charge in [-0.2, -0.15) is 0 Å². The third kappa shape index (κ3) is 4.52. The number of amides is 3. The van der Waals surface area contributed by atoms with Crippen molar-refractivity contribution in [2.45, 2.75) is 39.2 Å². The number of nitrogens with zero attached hydrogens (tertiary/aromatic N) is 2. The molecule has 1 saturated heterocycles. The van der Waals surface area contributed by atoms with E-state index in [1.165, 1.54) is 11.3 Å². The highest BCUT2D eigenvalue weighted by molar-refractivity contribution is 7.14. The topological polar surface area (TPSA) is 91.4 Å². The molecule has 0 unspecified atom stereocenters. The number of anilines is 1. The summed E-state index contributed by atoms with van der Waals surface area (Å²) < 4.78 is 0. The molecule has 1 aromatic heterocycles. The molecule has 0 bridgehead atoms. The van der Waals surface area contributed by atoms with Crippen LogP contribution in [0.1, 0.15) is 32.4 Å². The van der Waals surface area contributed by atoms with E-state index in [9.17, 15) is 14.4 Å². The molecule has 0 spiro atoms. The van der Waals surface area contributed by atoms with Crippen molar-refractivity contribution in [3.05, 3.63) is 11.1 Å². The molecule has 2 N–H and O–H groups in total. The van der Waals surface area contributed by atoms with Crippen LogP contribution in [0.3, 0.4) is 0 Å². The van der Waals surface area contributed by atoms with E-state index in [0.717, 1.165) is 6.42 Å². The van der Waals surface area contributed by atoms with Gasteiger partial charge in [0.1, 0.15) is 0 Å². The summed E-state index contributed by atoms with van der Waals surface area (Å²) in [4.78, 5) is 40.8. The predicted molar refractivity (Wildman–Crippen MR) is 83.7 cm³/mol. The van der Waals surface area contributed by atoms with E-state index in [-0.39, 0.29) is 36.7 Å². The van der Waals surface area contributed by atoms with Crippen LogP contribution in [0, 0.1) is 0 Å². The number of thiazole rings is 1. The number of nitrogens with one attached hydrogen (secondary N) is 2. The molecule has 7 nitrogen and oxygen atoms in total. The van der Waals surface area contributed by atoms with E-state index in [4.69, 9.17) is 0 Å². The number of carbonyl (C=O) groups is 3. The van der Waals surface area contributed by atoms with Crippen molar-refractivity contribution in [2.75, 3.05) is 18.0 Å². The lowest BCUT2D eigenvalue weighted by Crippen LogP contribution is -2.40. The molecule has 0 atom stereocenters. The van der Waals surface area contributed by atoms with Crippen molar-refractivity contribution in [2.24, 2.45) is 0 Å². The normalized spacial score (nSPS) is 14.5. The second-order valence-corrected chi connectivity index (χ2v) is 6.28. The predicted octanol–water partition coefficient (Wildman–Crippen LogP) is 0.453. The molecule has 1 fully saturated rings. The molecule has 1 aliphatic heterocycles. The van der Waals surface area contributed by atoms with Crippen LogP contribution >= 0.6 is 11.3 Å². The van der Waals surface area contributed by atoms with E-state index < -0.39 is 0 Å². The van der Waals surface area contributed by atoms with Gasteiger partial charge in [-0.15, -0.1) is 11.3 Å². The van der Waals surface area contributed by atoms with Crippen molar-refractivity contribution in [3.8, 4) is 0 Å². The molecule has 1 aromatic rings. The van der Waals surface area contributed by atoms with Crippen LogP contribution in [0.2, 0.25) is 0 Å². The van der Waals surface area contributed by atoms with Crippen LogP contribution in [0.5, 0.6) is 0 Å². The van der Waals surface area contributed by atoms with Crippen LogP contribution in [0.15, 0.2) is 5.38 Å². The zero-order chi connectivity index (χ0) is 16.1. The molecule has 120 valence electrons. The largest absolute Gasteiger partial charge is 0.352 e. The minimum Gasteiger partial charge on any atom is -0.352 e. The average Bonchev–Trinajstić information content (AvgIpc) is 3.04. The van der Waals surface area contributed by atoms with E-state index in [0.29, 0.717) is 23.8 Å². The fourth-order valence-electron chi connectivity index (χ4n) is 2.13. The minimum atomic E-state index is -0.261. The monoisotopic (exact) mass is 324 g/mol. The molecule has 1 aliphatic rings. The number of aromatic nitrogens is 1. The number of hydrogen-bond acceptors (Lipinski definition) is 5. The van der Waals surface area contributed by atoms with Gasteiger partial charge in [0.05, 0.1) is 18.7 Å². The second-order valence-electron chi connectivity index (χ2n) is 5.45. The van der Waals surface area contributed by atoms with Crippen LogP contribution in [0.25, 0.3) is 0 Å². The smallest absolute Gasteiger partial charge is 0.239 e. The summed E-state index contributed by atoms with van der Waals surface area (Å²) in [5.41, 5.74) is 0.612. The number of rotatable bonds is 6. The molecule has 0 saturated carbocycles. The molecule has 0 aromatic carbocycles. The van der Waals surface area contributed by atoms with Crippen LogP contribution in [-0.2, 0) is 20.8 Å². The lowest BCUT2D eigenvalue weighted by atomic mass is 10.3. The highest BCUT2D eigenvalue weighted by atomic mass is 32.1. The van der Waals surface area contributed by atoms with Crippen LogP contribution in [0.4, 0.5) is 5.13 Å². The zero-order valence-corrected chi connectivity index (χ0v) is 13.5.